The molecule has 0 aliphatic heterocycles. The molecule has 0 bridgehead atoms. The fourth-order valence-electron chi connectivity index (χ4n) is 1.42. The number of aliphatic carboxylic acids is 1. The molecule has 0 aliphatic rings. The lowest BCUT2D eigenvalue weighted by molar-refractivity contribution is -0.149. The van der Waals surface area contributed by atoms with Crippen LogP contribution in [0.5, 0.6) is 0 Å². The Morgan fingerprint density at radius 2 is 1.89 bits per heavy atom. The highest BCUT2D eigenvalue weighted by molar-refractivity contribution is 7.99. The SMILES string of the molecule is CC(C)(CC(=O)NCCSc1ccccc1)C(=O)O. The Morgan fingerprint density at radius 3 is 2.47 bits per heavy atom. The number of carbonyl (C=O) groups is 2. The van der Waals surface area contributed by atoms with Gasteiger partial charge in [0, 0.05) is 23.6 Å². The van der Waals surface area contributed by atoms with E-state index < -0.39 is 11.4 Å². The summed E-state index contributed by atoms with van der Waals surface area (Å²) in [4.78, 5) is 23.6. The molecule has 1 amide bonds. The van der Waals surface area contributed by atoms with Crippen LogP contribution in [0, 0.1) is 5.41 Å². The van der Waals surface area contributed by atoms with E-state index in [-0.39, 0.29) is 12.3 Å². The number of amides is 1. The van der Waals surface area contributed by atoms with Crippen molar-refractivity contribution in [3.8, 4) is 0 Å². The predicted octanol–water partition coefficient (Wildman–Crippen LogP) is 2.40. The zero-order valence-corrected chi connectivity index (χ0v) is 12.0. The molecule has 4 nitrogen and oxygen atoms in total. The number of thioether (sulfide) groups is 1. The van der Waals surface area contributed by atoms with Crippen LogP contribution in [-0.2, 0) is 9.59 Å². The van der Waals surface area contributed by atoms with E-state index in [2.05, 4.69) is 5.32 Å². The van der Waals surface area contributed by atoms with Crippen molar-refractivity contribution >= 4 is 23.6 Å². The van der Waals surface area contributed by atoms with Crippen LogP contribution < -0.4 is 5.32 Å². The lowest BCUT2D eigenvalue weighted by Gasteiger charge is -2.18. The summed E-state index contributed by atoms with van der Waals surface area (Å²) in [7, 11) is 0. The molecule has 0 radical (unpaired) electrons. The summed E-state index contributed by atoms with van der Waals surface area (Å²) in [5.74, 6) is -0.411. The van der Waals surface area contributed by atoms with Gasteiger partial charge in [-0.1, -0.05) is 18.2 Å². The normalized spacial score (nSPS) is 11.1. The summed E-state index contributed by atoms with van der Waals surface area (Å²) in [5.41, 5.74) is -1.02. The highest BCUT2D eigenvalue weighted by Gasteiger charge is 2.29. The first-order valence-corrected chi connectivity index (χ1v) is 7.08. The van der Waals surface area contributed by atoms with Gasteiger partial charge in [-0.05, 0) is 26.0 Å². The lowest BCUT2D eigenvalue weighted by atomic mass is 9.89. The third-order valence-corrected chi connectivity index (χ3v) is 3.63. The van der Waals surface area contributed by atoms with Crippen LogP contribution in [0.15, 0.2) is 35.2 Å². The van der Waals surface area contributed by atoms with Crippen LogP contribution in [0.3, 0.4) is 0 Å². The fraction of sp³-hybridized carbons (Fsp3) is 0.429. The second-order valence-corrected chi connectivity index (χ2v) is 6.05. The topological polar surface area (TPSA) is 66.4 Å². The highest BCUT2D eigenvalue weighted by atomic mass is 32.2. The van der Waals surface area contributed by atoms with Crippen molar-refractivity contribution in [2.75, 3.05) is 12.3 Å². The summed E-state index contributed by atoms with van der Waals surface area (Å²) in [6, 6.07) is 9.92. The van der Waals surface area contributed by atoms with Crippen LogP contribution in [0.2, 0.25) is 0 Å². The number of carboxylic acids is 1. The van der Waals surface area contributed by atoms with E-state index >= 15 is 0 Å². The van der Waals surface area contributed by atoms with Crippen molar-refractivity contribution < 1.29 is 14.7 Å². The van der Waals surface area contributed by atoms with Gasteiger partial charge < -0.3 is 10.4 Å². The van der Waals surface area contributed by atoms with E-state index in [1.54, 1.807) is 25.6 Å². The first-order chi connectivity index (χ1) is 8.92. The van der Waals surface area contributed by atoms with Gasteiger partial charge in [0.15, 0.2) is 0 Å². The number of carboxylic acid groups (broad SMARTS) is 1. The van der Waals surface area contributed by atoms with Crippen molar-refractivity contribution in [1.82, 2.24) is 5.32 Å². The third-order valence-electron chi connectivity index (χ3n) is 2.62. The van der Waals surface area contributed by atoms with Gasteiger partial charge in [-0.25, -0.2) is 0 Å². The quantitative estimate of drug-likeness (QED) is 0.595. The Labute approximate surface area is 117 Å². The van der Waals surface area contributed by atoms with Crippen LogP contribution >= 0.6 is 11.8 Å². The Bertz CT molecular complexity index is 432. The largest absolute Gasteiger partial charge is 0.481 e. The first kappa shape index (κ1) is 15.6. The van der Waals surface area contributed by atoms with E-state index in [9.17, 15) is 9.59 Å². The van der Waals surface area contributed by atoms with Crippen molar-refractivity contribution in [1.29, 1.82) is 0 Å². The second kappa shape index (κ2) is 7.19. The molecule has 19 heavy (non-hydrogen) atoms. The standard InChI is InChI=1S/C14H19NO3S/c1-14(2,13(17)18)10-12(16)15-8-9-19-11-6-4-3-5-7-11/h3-7H,8-10H2,1-2H3,(H,15,16)(H,17,18). The number of nitrogens with one attached hydrogen (secondary N) is 1. The number of hydrogen-bond acceptors (Lipinski definition) is 3. The van der Waals surface area contributed by atoms with Crippen molar-refractivity contribution in [3.05, 3.63) is 30.3 Å². The van der Waals surface area contributed by atoms with Gasteiger partial charge in [0.1, 0.15) is 0 Å². The maximum Gasteiger partial charge on any atom is 0.309 e. The zero-order valence-electron chi connectivity index (χ0n) is 11.2. The monoisotopic (exact) mass is 281 g/mol. The molecule has 0 spiro atoms. The summed E-state index contributed by atoms with van der Waals surface area (Å²) < 4.78 is 0. The van der Waals surface area contributed by atoms with Gasteiger partial charge in [0.05, 0.1) is 5.41 Å². The molecular formula is C14H19NO3S. The van der Waals surface area contributed by atoms with Crippen molar-refractivity contribution in [2.24, 2.45) is 5.41 Å². The molecule has 0 saturated carbocycles. The smallest absolute Gasteiger partial charge is 0.309 e. The Balaban J connectivity index is 2.23. The second-order valence-electron chi connectivity index (χ2n) is 4.88. The number of hydrogen-bond donors (Lipinski definition) is 2. The summed E-state index contributed by atoms with van der Waals surface area (Å²) in [5, 5.41) is 11.7. The first-order valence-electron chi connectivity index (χ1n) is 6.10. The van der Waals surface area contributed by atoms with Gasteiger partial charge in [0.25, 0.3) is 0 Å². The zero-order chi connectivity index (χ0) is 14.3. The number of benzene rings is 1. The summed E-state index contributed by atoms with van der Waals surface area (Å²) in [6.07, 6.45) is -0.00165. The van der Waals surface area contributed by atoms with Crippen LogP contribution in [0.25, 0.3) is 0 Å². The average molecular weight is 281 g/mol. The molecule has 0 fully saturated rings. The van der Waals surface area contributed by atoms with Crippen LogP contribution in [0.4, 0.5) is 0 Å². The minimum Gasteiger partial charge on any atom is -0.481 e. The molecule has 0 atom stereocenters. The van der Waals surface area contributed by atoms with E-state index in [0.717, 1.165) is 10.6 Å². The van der Waals surface area contributed by atoms with Crippen LogP contribution in [-0.4, -0.2) is 29.3 Å². The van der Waals surface area contributed by atoms with E-state index in [0.29, 0.717) is 6.54 Å². The number of carbonyl (C=O) groups excluding carboxylic acids is 1. The van der Waals surface area contributed by atoms with Gasteiger partial charge in [-0.15, -0.1) is 11.8 Å². The molecule has 0 heterocycles. The number of rotatable bonds is 7. The van der Waals surface area contributed by atoms with Gasteiger partial charge in [-0.2, -0.15) is 0 Å². The minimum atomic E-state index is -1.02. The van der Waals surface area contributed by atoms with Gasteiger partial charge in [-0.3, -0.25) is 9.59 Å². The molecule has 0 aromatic heterocycles. The Kier molecular flexibility index (Phi) is 5.89. The molecule has 1 aromatic rings. The predicted molar refractivity (Wildman–Crippen MR) is 76.2 cm³/mol. The maximum absolute atomic E-state index is 11.6. The molecule has 2 N–H and O–H groups in total. The average Bonchev–Trinajstić information content (AvgIpc) is 2.35. The van der Waals surface area contributed by atoms with Gasteiger partial charge >= 0.3 is 5.97 Å². The highest BCUT2D eigenvalue weighted by Crippen LogP contribution is 2.20. The van der Waals surface area contributed by atoms with Crippen molar-refractivity contribution in [3.63, 3.8) is 0 Å². The Morgan fingerprint density at radius 1 is 1.26 bits per heavy atom. The molecule has 0 saturated heterocycles. The van der Waals surface area contributed by atoms with Crippen molar-refractivity contribution in [2.45, 2.75) is 25.2 Å². The third kappa shape index (κ3) is 5.79. The molecule has 1 aromatic carbocycles. The lowest BCUT2D eigenvalue weighted by Crippen LogP contribution is -2.34. The molecule has 1 rings (SSSR count). The minimum absolute atomic E-state index is 0.00165. The summed E-state index contributed by atoms with van der Waals surface area (Å²) >= 11 is 1.66. The van der Waals surface area contributed by atoms with Gasteiger partial charge in [0.2, 0.25) is 5.91 Å². The fourth-order valence-corrected chi connectivity index (χ4v) is 2.20. The molecule has 104 valence electrons. The van der Waals surface area contributed by atoms with Crippen LogP contribution in [0.1, 0.15) is 20.3 Å². The molecule has 0 aliphatic carbocycles. The summed E-state index contributed by atoms with van der Waals surface area (Å²) in [6.45, 7) is 3.63. The molecular weight excluding hydrogens is 262 g/mol. The molecule has 0 unspecified atom stereocenters. The van der Waals surface area contributed by atoms with E-state index in [4.69, 9.17) is 5.11 Å². The van der Waals surface area contributed by atoms with E-state index in [1.165, 1.54) is 0 Å². The van der Waals surface area contributed by atoms with E-state index in [1.807, 2.05) is 30.3 Å². The molecule has 5 heteroatoms. The Hall–Kier alpha value is -1.49. The maximum atomic E-state index is 11.6.